The second kappa shape index (κ2) is 28.5. The third-order valence-electron chi connectivity index (χ3n) is 9.82. The van der Waals surface area contributed by atoms with Crippen LogP contribution in [0.5, 0.6) is 0 Å². The van der Waals surface area contributed by atoms with E-state index in [-0.39, 0.29) is 18.2 Å². The van der Waals surface area contributed by atoms with E-state index in [4.69, 9.17) is 9.47 Å². The predicted molar refractivity (Wildman–Crippen MR) is 199 cm³/mol. The van der Waals surface area contributed by atoms with Crippen LogP contribution in [0.4, 0.5) is 0 Å². The monoisotopic (exact) mass is 640 g/mol. The molecule has 0 unspecified atom stereocenters. The molecule has 1 aliphatic heterocycles. The van der Waals surface area contributed by atoms with Crippen LogP contribution in [0.25, 0.3) is 0 Å². The molecule has 1 saturated heterocycles. The van der Waals surface area contributed by atoms with Gasteiger partial charge in [0.2, 0.25) is 0 Å². The minimum absolute atomic E-state index is 0.0666. The highest BCUT2D eigenvalue weighted by atomic mass is 16.8. The van der Waals surface area contributed by atoms with Crippen molar-refractivity contribution in [2.45, 2.75) is 218 Å². The summed E-state index contributed by atoms with van der Waals surface area (Å²) in [5.74, 6) is -0.423. The molecule has 0 bridgehead atoms. The van der Waals surface area contributed by atoms with Crippen LogP contribution < -0.4 is 0 Å². The molecule has 0 aromatic carbocycles. The molecule has 4 nitrogen and oxygen atoms in total. The number of unbranched alkanes of at least 4 members (excludes halogenated alkanes) is 18. The van der Waals surface area contributed by atoms with Crippen molar-refractivity contribution in [3.63, 3.8) is 0 Å². The molecule has 2 fully saturated rings. The first-order valence-electron chi connectivity index (χ1n) is 20.0. The zero-order chi connectivity index (χ0) is 32.8. The second-order valence-corrected chi connectivity index (χ2v) is 14.1. The standard InChI is InChI=1S/C42H73NO3/c1-3-5-7-9-11-13-15-17-19-21-23-25-27-29-31-33-35-42(45-40-37-39(43-44)38-41(40)46-42)36-34-32-30-28-26-24-22-20-18-16-14-12-10-8-6-4-2/h11-14,17-20,39-41H,3-10,15-16,21-38H2,1-2H3/b13-11-,14-12-,19-17-,20-18-/t39-,40-,41+. The van der Waals surface area contributed by atoms with Gasteiger partial charge in [-0.1, -0.05) is 145 Å². The number of nitroso groups, excluding NO2 is 1. The van der Waals surface area contributed by atoms with Crippen LogP contribution >= 0.6 is 0 Å². The molecule has 0 spiro atoms. The summed E-state index contributed by atoms with van der Waals surface area (Å²) < 4.78 is 13.2. The lowest BCUT2D eigenvalue weighted by Crippen LogP contribution is -2.32. The molecular weight excluding hydrogens is 566 g/mol. The van der Waals surface area contributed by atoms with Crippen LogP contribution in [0, 0.1) is 4.91 Å². The van der Waals surface area contributed by atoms with Gasteiger partial charge in [0.1, 0.15) is 0 Å². The van der Waals surface area contributed by atoms with Gasteiger partial charge in [0.25, 0.3) is 0 Å². The fourth-order valence-electron chi connectivity index (χ4n) is 6.98. The van der Waals surface area contributed by atoms with Gasteiger partial charge < -0.3 is 9.47 Å². The van der Waals surface area contributed by atoms with E-state index >= 15 is 0 Å². The average Bonchev–Trinajstić information content (AvgIpc) is 3.60. The van der Waals surface area contributed by atoms with Crippen molar-refractivity contribution in [1.29, 1.82) is 0 Å². The molecule has 1 saturated carbocycles. The van der Waals surface area contributed by atoms with Gasteiger partial charge in [-0.3, -0.25) is 0 Å². The van der Waals surface area contributed by atoms with Gasteiger partial charge in [-0.05, 0) is 77.0 Å². The summed E-state index contributed by atoms with van der Waals surface area (Å²) in [7, 11) is 0. The van der Waals surface area contributed by atoms with E-state index < -0.39 is 5.79 Å². The molecule has 1 aliphatic carbocycles. The number of nitrogens with zero attached hydrogens (tertiary/aromatic N) is 1. The summed E-state index contributed by atoms with van der Waals surface area (Å²) in [6.45, 7) is 4.52. The van der Waals surface area contributed by atoms with Crippen molar-refractivity contribution in [1.82, 2.24) is 0 Å². The maximum Gasteiger partial charge on any atom is 0.169 e. The first-order chi connectivity index (χ1) is 22.7. The van der Waals surface area contributed by atoms with Crippen LogP contribution in [0.15, 0.2) is 53.8 Å². The van der Waals surface area contributed by atoms with E-state index in [1.54, 1.807) is 0 Å². The number of hydrogen-bond acceptors (Lipinski definition) is 4. The Morgan fingerprint density at radius 1 is 0.500 bits per heavy atom. The number of fused-ring (bicyclic) bond motifs is 1. The normalized spacial score (nSPS) is 21.1. The molecule has 0 aromatic heterocycles. The van der Waals surface area contributed by atoms with Gasteiger partial charge in [0.15, 0.2) is 5.79 Å². The zero-order valence-electron chi connectivity index (χ0n) is 30.3. The molecule has 4 heteroatoms. The summed E-state index contributed by atoms with van der Waals surface area (Å²) >= 11 is 0. The van der Waals surface area contributed by atoms with Crippen molar-refractivity contribution < 1.29 is 9.47 Å². The van der Waals surface area contributed by atoms with Crippen LogP contribution in [0.2, 0.25) is 0 Å². The summed E-state index contributed by atoms with van der Waals surface area (Å²) in [4.78, 5) is 11.1. The fourth-order valence-corrected chi connectivity index (χ4v) is 6.98. The average molecular weight is 640 g/mol. The smallest absolute Gasteiger partial charge is 0.169 e. The Bertz CT molecular complexity index is 767. The summed E-state index contributed by atoms with van der Waals surface area (Å²) in [5.41, 5.74) is 0. The number of hydrogen-bond donors (Lipinski definition) is 0. The van der Waals surface area contributed by atoms with Gasteiger partial charge >= 0.3 is 0 Å². The highest BCUT2D eigenvalue weighted by Crippen LogP contribution is 2.44. The Hall–Kier alpha value is -1.52. The molecule has 0 amide bonds. The summed E-state index contributed by atoms with van der Waals surface area (Å²) in [6.07, 6.45) is 52.7. The Morgan fingerprint density at radius 2 is 0.848 bits per heavy atom. The van der Waals surface area contributed by atoms with E-state index in [2.05, 4.69) is 67.6 Å². The molecule has 2 rings (SSSR count). The van der Waals surface area contributed by atoms with Crippen LogP contribution in [0.3, 0.4) is 0 Å². The quantitative estimate of drug-likeness (QED) is 0.0431. The van der Waals surface area contributed by atoms with E-state index in [0.29, 0.717) is 0 Å². The van der Waals surface area contributed by atoms with Crippen molar-refractivity contribution in [2.24, 2.45) is 5.18 Å². The summed E-state index contributed by atoms with van der Waals surface area (Å²) in [6, 6.07) is -0.128. The lowest BCUT2D eigenvalue weighted by Gasteiger charge is -2.29. The van der Waals surface area contributed by atoms with Crippen molar-refractivity contribution in [3.8, 4) is 0 Å². The zero-order valence-corrected chi connectivity index (χ0v) is 30.3. The van der Waals surface area contributed by atoms with E-state index in [9.17, 15) is 4.91 Å². The highest BCUT2D eigenvalue weighted by Gasteiger charge is 2.51. The third-order valence-corrected chi connectivity index (χ3v) is 9.82. The molecule has 2 aliphatic rings. The van der Waals surface area contributed by atoms with Crippen LogP contribution in [-0.2, 0) is 9.47 Å². The van der Waals surface area contributed by atoms with Gasteiger partial charge in [-0.2, -0.15) is 4.91 Å². The van der Waals surface area contributed by atoms with Gasteiger partial charge in [0, 0.05) is 25.7 Å². The second-order valence-electron chi connectivity index (χ2n) is 14.1. The maximum atomic E-state index is 11.1. The Kier molecular flexibility index (Phi) is 25.2. The Morgan fingerprint density at radius 3 is 1.22 bits per heavy atom. The number of rotatable bonds is 31. The Balaban J connectivity index is 1.52. The molecule has 0 N–H and O–H groups in total. The minimum atomic E-state index is -0.423. The van der Waals surface area contributed by atoms with Gasteiger partial charge in [0.05, 0.1) is 18.2 Å². The first-order valence-corrected chi connectivity index (χ1v) is 20.0. The molecule has 3 atom stereocenters. The lowest BCUT2D eigenvalue weighted by molar-refractivity contribution is -0.191. The summed E-state index contributed by atoms with van der Waals surface area (Å²) in [5, 5.41) is 3.29. The van der Waals surface area contributed by atoms with E-state index in [1.165, 1.54) is 141 Å². The Labute approximate surface area is 285 Å². The number of ether oxygens (including phenoxy) is 2. The van der Waals surface area contributed by atoms with Crippen LogP contribution in [-0.4, -0.2) is 24.0 Å². The number of allylic oxidation sites excluding steroid dienone is 8. The maximum absolute atomic E-state index is 11.1. The molecule has 1 heterocycles. The topological polar surface area (TPSA) is 47.9 Å². The lowest BCUT2D eigenvalue weighted by atomic mass is 9.98. The van der Waals surface area contributed by atoms with E-state index in [1.807, 2.05) is 0 Å². The largest absolute Gasteiger partial charge is 0.344 e. The van der Waals surface area contributed by atoms with Crippen molar-refractivity contribution >= 4 is 0 Å². The SMILES string of the molecule is CCCCC/C=C\C/C=C\CCCCCCCCC1(CCCCCCCC/C=C\C/C=C\CCCCC)O[C@H]2C[C@H](N=O)C[C@H]2O1. The predicted octanol–water partition coefficient (Wildman–Crippen LogP) is 13.8. The van der Waals surface area contributed by atoms with Crippen molar-refractivity contribution in [2.75, 3.05) is 0 Å². The van der Waals surface area contributed by atoms with Crippen molar-refractivity contribution in [3.05, 3.63) is 53.5 Å². The van der Waals surface area contributed by atoms with E-state index in [0.717, 1.165) is 38.5 Å². The molecule has 46 heavy (non-hydrogen) atoms. The molecule has 0 radical (unpaired) electrons. The minimum Gasteiger partial charge on any atom is -0.344 e. The highest BCUT2D eigenvalue weighted by molar-refractivity contribution is 4.97. The first kappa shape index (κ1) is 40.7. The van der Waals surface area contributed by atoms with Gasteiger partial charge in [-0.25, -0.2) is 0 Å². The van der Waals surface area contributed by atoms with Crippen LogP contribution in [0.1, 0.15) is 194 Å². The third kappa shape index (κ3) is 20.0. The molecule has 264 valence electrons. The fraction of sp³-hybridized carbons (Fsp3) is 0.810. The molecular formula is C42H73NO3. The van der Waals surface area contributed by atoms with Gasteiger partial charge in [-0.15, -0.1) is 0 Å². The molecule has 0 aromatic rings.